The Kier molecular flexibility index (Phi) is 5.72. The van der Waals surface area contributed by atoms with Crippen LogP contribution in [0.4, 0.5) is 0 Å². The van der Waals surface area contributed by atoms with Gasteiger partial charge in [0.2, 0.25) is 5.88 Å². The number of ketones is 1. The number of carbonyl (C=O) groups excluding carboxylic acids is 1. The summed E-state index contributed by atoms with van der Waals surface area (Å²) in [6.45, 7) is 0.221. The Bertz CT molecular complexity index is 1130. The fourth-order valence-electron chi connectivity index (χ4n) is 3.81. The number of allylic oxidation sites excluding steroid dienone is 3. The van der Waals surface area contributed by atoms with E-state index in [4.69, 9.17) is 38.4 Å². The average Bonchev–Trinajstić information content (AvgIpc) is 2.73. The smallest absolute Gasteiger partial charge is 0.205 e. The molecule has 0 saturated heterocycles. The minimum absolute atomic E-state index is 0.00739. The number of rotatable bonds is 4. The van der Waals surface area contributed by atoms with Crippen LogP contribution < -0.4 is 10.5 Å². The van der Waals surface area contributed by atoms with Crippen LogP contribution >= 0.6 is 23.2 Å². The zero-order chi connectivity index (χ0) is 21.3. The number of nitrogens with zero attached hydrogens (tertiary/aromatic N) is 1. The number of halogens is 2. The second-order valence-electron chi connectivity index (χ2n) is 7.10. The van der Waals surface area contributed by atoms with E-state index in [0.717, 1.165) is 5.56 Å². The fraction of sp³-hybridized carbons (Fsp3) is 0.217. The minimum atomic E-state index is -0.688. The summed E-state index contributed by atoms with van der Waals surface area (Å²) in [7, 11) is 0. The molecule has 1 heterocycles. The summed E-state index contributed by atoms with van der Waals surface area (Å²) in [4.78, 5) is 12.8. The first-order valence-corrected chi connectivity index (χ1v) is 10.2. The van der Waals surface area contributed by atoms with Crippen LogP contribution in [0.15, 0.2) is 65.3 Å². The highest BCUT2D eigenvalue weighted by molar-refractivity contribution is 6.31. The molecule has 2 N–H and O–H groups in total. The highest BCUT2D eigenvalue weighted by Crippen LogP contribution is 2.46. The first-order chi connectivity index (χ1) is 14.5. The molecule has 0 saturated carbocycles. The van der Waals surface area contributed by atoms with Crippen molar-refractivity contribution >= 4 is 29.0 Å². The molecule has 1 aliphatic carbocycles. The lowest BCUT2D eigenvalue weighted by molar-refractivity contribution is -0.116. The van der Waals surface area contributed by atoms with Crippen molar-refractivity contribution in [1.29, 1.82) is 5.26 Å². The van der Waals surface area contributed by atoms with E-state index in [-0.39, 0.29) is 23.8 Å². The van der Waals surface area contributed by atoms with Crippen LogP contribution in [0.25, 0.3) is 0 Å². The SMILES string of the molecule is N#CC1=C(N)OC2=C(C(=O)CCC2)C1c1cc(Cl)ccc1OCc1ccccc1Cl. The van der Waals surface area contributed by atoms with E-state index in [2.05, 4.69) is 6.07 Å². The monoisotopic (exact) mass is 440 g/mol. The van der Waals surface area contributed by atoms with Gasteiger partial charge in [-0.25, -0.2) is 0 Å². The highest BCUT2D eigenvalue weighted by atomic mass is 35.5. The van der Waals surface area contributed by atoms with Gasteiger partial charge in [0.15, 0.2) is 5.78 Å². The van der Waals surface area contributed by atoms with Gasteiger partial charge in [0.25, 0.3) is 0 Å². The number of nitriles is 1. The van der Waals surface area contributed by atoms with Crippen LogP contribution in [-0.4, -0.2) is 5.78 Å². The van der Waals surface area contributed by atoms with Crippen molar-refractivity contribution in [2.45, 2.75) is 31.8 Å². The number of Topliss-reactive ketones (excluding diaryl/α,β-unsaturated/α-hetero) is 1. The lowest BCUT2D eigenvalue weighted by Gasteiger charge is -2.31. The average molecular weight is 441 g/mol. The summed E-state index contributed by atoms with van der Waals surface area (Å²) >= 11 is 12.5. The molecule has 2 aliphatic rings. The third kappa shape index (κ3) is 3.77. The molecule has 2 aromatic rings. The first-order valence-electron chi connectivity index (χ1n) is 9.49. The molecule has 30 heavy (non-hydrogen) atoms. The molecule has 2 aromatic carbocycles. The maximum atomic E-state index is 12.8. The number of carbonyl (C=O) groups is 1. The van der Waals surface area contributed by atoms with Crippen LogP contribution in [-0.2, 0) is 16.1 Å². The van der Waals surface area contributed by atoms with Crippen molar-refractivity contribution in [2.24, 2.45) is 5.73 Å². The lowest BCUT2D eigenvalue weighted by atomic mass is 9.77. The molecule has 7 heteroatoms. The van der Waals surface area contributed by atoms with Crippen molar-refractivity contribution in [1.82, 2.24) is 0 Å². The van der Waals surface area contributed by atoms with Crippen LogP contribution in [0, 0.1) is 11.3 Å². The van der Waals surface area contributed by atoms with Gasteiger partial charge in [0, 0.05) is 39.6 Å². The summed E-state index contributed by atoms with van der Waals surface area (Å²) in [5, 5.41) is 10.8. The molecular formula is C23H18Cl2N2O3. The van der Waals surface area contributed by atoms with Crippen molar-refractivity contribution in [3.63, 3.8) is 0 Å². The Morgan fingerprint density at radius 2 is 2.00 bits per heavy atom. The van der Waals surface area contributed by atoms with Gasteiger partial charge in [-0.15, -0.1) is 0 Å². The predicted molar refractivity (Wildman–Crippen MR) is 114 cm³/mol. The third-order valence-corrected chi connectivity index (χ3v) is 5.83. The van der Waals surface area contributed by atoms with E-state index in [1.807, 2.05) is 18.2 Å². The Labute approximate surface area is 184 Å². The summed E-state index contributed by atoms with van der Waals surface area (Å²) < 4.78 is 11.7. The van der Waals surface area contributed by atoms with Gasteiger partial charge in [-0.3, -0.25) is 4.79 Å². The zero-order valence-corrected chi connectivity index (χ0v) is 17.5. The van der Waals surface area contributed by atoms with Crippen molar-refractivity contribution in [3.8, 4) is 11.8 Å². The van der Waals surface area contributed by atoms with E-state index in [0.29, 0.717) is 52.0 Å². The van der Waals surface area contributed by atoms with Gasteiger partial charge in [0.1, 0.15) is 29.8 Å². The Balaban J connectivity index is 1.79. The van der Waals surface area contributed by atoms with E-state index in [1.54, 1.807) is 24.3 Å². The van der Waals surface area contributed by atoms with Gasteiger partial charge in [-0.1, -0.05) is 41.4 Å². The Hall–Kier alpha value is -2.94. The molecule has 0 fully saturated rings. The highest BCUT2D eigenvalue weighted by Gasteiger charge is 2.39. The maximum absolute atomic E-state index is 12.8. The van der Waals surface area contributed by atoms with E-state index in [1.165, 1.54) is 0 Å². The second-order valence-corrected chi connectivity index (χ2v) is 7.94. The lowest BCUT2D eigenvalue weighted by Crippen LogP contribution is -2.27. The van der Waals surface area contributed by atoms with E-state index >= 15 is 0 Å². The first kappa shape index (κ1) is 20.3. The van der Waals surface area contributed by atoms with Crippen LogP contribution in [0.3, 0.4) is 0 Å². The van der Waals surface area contributed by atoms with Crippen LogP contribution in [0.5, 0.6) is 5.75 Å². The molecule has 0 amide bonds. The molecule has 5 nitrogen and oxygen atoms in total. The molecule has 1 unspecified atom stereocenters. The molecule has 0 radical (unpaired) electrons. The summed E-state index contributed by atoms with van der Waals surface area (Å²) in [5.74, 6) is 0.278. The molecule has 0 aromatic heterocycles. The standard InChI is InChI=1S/C23H18Cl2N2O3/c24-14-8-9-19(29-12-13-4-1-2-5-17(13)25)15(10-14)21-16(11-26)23(27)30-20-7-3-6-18(28)22(20)21/h1-2,4-5,8-10,21H,3,6-7,12,27H2. The van der Waals surface area contributed by atoms with Gasteiger partial charge in [-0.05, 0) is 30.7 Å². The van der Waals surface area contributed by atoms with Gasteiger partial charge in [0.05, 0.1) is 5.92 Å². The second kappa shape index (κ2) is 8.43. The summed E-state index contributed by atoms with van der Waals surface area (Å²) in [6, 6.07) is 14.6. The van der Waals surface area contributed by atoms with E-state index in [9.17, 15) is 10.1 Å². The quantitative estimate of drug-likeness (QED) is 0.688. The molecule has 0 bridgehead atoms. The maximum Gasteiger partial charge on any atom is 0.205 e. The fourth-order valence-corrected chi connectivity index (χ4v) is 4.19. The third-order valence-electron chi connectivity index (χ3n) is 5.23. The van der Waals surface area contributed by atoms with Crippen molar-refractivity contribution in [3.05, 3.63) is 86.4 Å². The molecule has 0 spiro atoms. The summed E-state index contributed by atoms with van der Waals surface area (Å²) in [6.07, 6.45) is 1.67. The predicted octanol–water partition coefficient (Wildman–Crippen LogP) is 5.39. The molecule has 152 valence electrons. The van der Waals surface area contributed by atoms with E-state index < -0.39 is 5.92 Å². The minimum Gasteiger partial charge on any atom is -0.489 e. The van der Waals surface area contributed by atoms with Gasteiger partial charge >= 0.3 is 0 Å². The normalized spacial score (nSPS) is 18.6. The summed E-state index contributed by atoms with van der Waals surface area (Å²) in [5.41, 5.74) is 8.08. The molecule has 1 atom stereocenters. The van der Waals surface area contributed by atoms with Crippen molar-refractivity contribution < 1.29 is 14.3 Å². The van der Waals surface area contributed by atoms with Gasteiger partial charge < -0.3 is 15.2 Å². The molecular weight excluding hydrogens is 423 g/mol. The number of ether oxygens (including phenoxy) is 2. The van der Waals surface area contributed by atoms with Crippen LogP contribution in [0.1, 0.15) is 36.3 Å². The Morgan fingerprint density at radius 1 is 1.20 bits per heavy atom. The number of hydrogen-bond donors (Lipinski definition) is 1. The number of benzene rings is 2. The Morgan fingerprint density at radius 3 is 2.77 bits per heavy atom. The van der Waals surface area contributed by atoms with Gasteiger partial charge in [-0.2, -0.15) is 5.26 Å². The number of hydrogen-bond acceptors (Lipinski definition) is 5. The molecule has 1 aliphatic heterocycles. The number of nitrogens with two attached hydrogens (primary N) is 1. The largest absolute Gasteiger partial charge is 0.489 e. The van der Waals surface area contributed by atoms with Crippen molar-refractivity contribution in [2.75, 3.05) is 0 Å². The van der Waals surface area contributed by atoms with Crippen LogP contribution in [0.2, 0.25) is 10.0 Å². The topological polar surface area (TPSA) is 85.3 Å². The molecule has 4 rings (SSSR count). The zero-order valence-electron chi connectivity index (χ0n) is 16.0.